The second-order valence-corrected chi connectivity index (χ2v) is 6.73. The minimum Gasteiger partial charge on any atom is -0.382 e. The van der Waals surface area contributed by atoms with E-state index in [2.05, 4.69) is 41.9 Å². The third-order valence-electron chi connectivity index (χ3n) is 2.49. The Morgan fingerprint density at radius 1 is 1.44 bits per heavy atom. The fraction of sp³-hybridized carbons (Fsp3) is 0.333. The molecular formula is C12H13BrOS2. The molecule has 0 aliphatic rings. The van der Waals surface area contributed by atoms with Crippen LogP contribution in [0.4, 0.5) is 0 Å². The summed E-state index contributed by atoms with van der Waals surface area (Å²) in [6.45, 7) is 4.17. The van der Waals surface area contributed by atoms with Crippen molar-refractivity contribution in [3.63, 3.8) is 0 Å². The van der Waals surface area contributed by atoms with Gasteiger partial charge < -0.3 is 5.11 Å². The van der Waals surface area contributed by atoms with Gasteiger partial charge in [-0.05, 0) is 52.4 Å². The number of thiophene rings is 2. The van der Waals surface area contributed by atoms with Crippen LogP contribution in [0.5, 0.6) is 0 Å². The first-order chi connectivity index (χ1) is 7.63. The summed E-state index contributed by atoms with van der Waals surface area (Å²) in [7, 11) is 0. The first-order valence-corrected chi connectivity index (χ1v) is 7.62. The molecular weight excluding hydrogens is 304 g/mol. The third kappa shape index (κ3) is 2.25. The molecule has 0 fully saturated rings. The van der Waals surface area contributed by atoms with Gasteiger partial charge in [-0.1, -0.05) is 6.92 Å². The number of hydrogen-bond acceptors (Lipinski definition) is 3. The number of aliphatic hydroxyl groups excluding tert-OH is 1. The van der Waals surface area contributed by atoms with E-state index in [-0.39, 0.29) is 0 Å². The summed E-state index contributed by atoms with van der Waals surface area (Å²) in [5.41, 5.74) is 1.25. The predicted molar refractivity (Wildman–Crippen MR) is 74.5 cm³/mol. The van der Waals surface area contributed by atoms with E-state index < -0.39 is 6.10 Å². The number of aryl methyl sites for hydroxylation is 2. The van der Waals surface area contributed by atoms with Gasteiger partial charge in [0.2, 0.25) is 0 Å². The van der Waals surface area contributed by atoms with Crippen LogP contribution in [0.15, 0.2) is 22.0 Å². The maximum Gasteiger partial charge on any atom is 0.124 e. The Morgan fingerprint density at radius 2 is 2.19 bits per heavy atom. The fourth-order valence-electron chi connectivity index (χ4n) is 1.69. The van der Waals surface area contributed by atoms with Crippen LogP contribution in [0.1, 0.15) is 33.2 Å². The van der Waals surface area contributed by atoms with Gasteiger partial charge in [-0.3, -0.25) is 0 Å². The molecule has 1 unspecified atom stereocenters. The van der Waals surface area contributed by atoms with Crippen LogP contribution in [0, 0.1) is 6.92 Å². The molecule has 0 bridgehead atoms. The van der Waals surface area contributed by atoms with Gasteiger partial charge >= 0.3 is 0 Å². The molecule has 0 aromatic carbocycles. The Bertz CT molecular complexity index is 487. The summed E-state index contributed by atoms with van der Waals surface area (Å²) >= 11 is 6.79. The van der Waals surface area contributed by atoms with Crippen molar-refractivity contribution in [3.8, 4) is 0 Å². The monoisotopic (exact) mass is 316 g/mol. The van der Waals surface area contributed by atoms with Crippen molar-refractivity contribution in [2.45, 2.75) is 26.4 Å². The molecule has 1 N–H and O–H groups in total. The van der Waals surface area contributed by atoms with E-state index in [1.807, 2.05) is 5.38 Å². The molecule has 2 heterocycles. The molecule has 0 aliphatic carbocycles. The van der Waals surface area contributed by atoms with Crippen molar-refractivity contribution in [2.24, 2.45) is 0 Å². The van der Waals surface area contributed by atoms with E-state index in [0.29, 0.717) is 0 Å². The Morgan fingerprint density at radius 3 is 2.75 bits per heavy atom. The van der Waals surface area contributed by atoms with Gasteiger partial charge in [0.15, 0.2) is 0 Å². The summed E-state index contributed by atoms with van der Waals surface area (Å²) in [5.74, 6) is 0. The second kappa shape index (κ2) is 5.00. The van der Waals surface area contributed by atoms with Crippen molar-refractivity contribution in [2.75, 3.05) is 0 Å². The van der Waals surface area contributed by atoms with E-state index in [0.717, 1.165) is 20.6 Å². The molecule has 86 valence electrons. The molecule has 2 aromatic rings. The lowest BCUT2D eigenvalue weighted by Crippen LogP contribution is -1.98. The third-order valence-corrected chi connectivity index (χ3v) is 5.53. The van der Waals surface area contributed by atoms with Crippen LogP contribution in [0.3, 0.4) is 0 Å². The fourth-order valence-corrected chi connectivity index (χ4v) is 4.61. The zero-order chi connectivity index (χ0) is 11.7. The highest BCUT2D eigenvalue weighted by Crippen LogP contribution is 2.38. The van der Waals surface area contributed by atoms with Crippen LogP contribution in [0.25, 0.3) is 0 Å². The number of rotatable bonds is 3. The molecule has 16 heavy (non-hydrogen) atoms. The number of aliphatic hydroxyl groups is 1. The van der Waals surface area contributed by atoms with Gasteiger partial charge in [-0.2, -0.15) is 0 Å². The highest BCUT2D eigenvalue weighted by Gasteiger charge is 2.19. The van der Waals surface area contributed by atoms with Crippen molar-refractivity contribution >= 4 is 38.6 Å². The van der Waals surface area contributed by atoms with Crippen molar-refractivity contribution in [1.82, 2.24) is 0 Å². The summed E-state index contributed by atoms with van der Waals surface area (Å²) in [6.07, 6.45) is 0.487. The van der Waals surface area contributed by atoms with Crippen molar-refractivity contribution in [1.29, 1.82) is 0 Å². The molecule has 0 aliphatic heterocycles. The minimum absolute atomic E-state index is 0.483. The summed E-state index contributed by atoms with van der Waals surface area (Å²) < 4.78 is 1.01. The number of hydrogen-bond donors (Lipinski definition) is 1. The smallest absolute Gasteiger partial charge is 0.124 e. The predicted octanol–water partition coefficient (Wildman–Crippen LogP) is 4.52. The maximum atomic E-state index is 10.4. The SMILES string of the molecule is CCc1ccsc1C(O)c1sc(C)cc1Br. The Labute approximate surface area is 112 Å². The lowest BCUT2D eigenvalue weighted by atomic mass is 10.1. The average Bonchev–Trinajstić information content (AvgIpc) is 2.83. The van der Waals surface area contributed by atoms with Crippen molar-refractivity contribution in [3.05, 3.63) is 42.2 Å². The molecule has 0 radical (unpaired) electrons. The van der Waals surface area contributed by atoms with Crippen LogP contribution >= 0.6 is 38.6 Å². The summed E-state index contributed by atoms with van der Waals surface area (Å²) in [6, 6.07) is 4.15. The normalized spacial score (nSPS) is 13.0. The lowest BCUT2D eigenvalue weighted by molar-refractivity contribution is 0.226. The zero-order valence-corrected chi connectivity index (χ0v) is 12.4. The molecule has 2 rings (SSSR count). The lowest BCUT2D eigenvalue weighted by Gasteiger charge is -2.09. The molecule has 0 saturated heterocycles. The van der Waals surface area contributed by atoms with Crippen LogP contribution < -0.4 is 0 Å². The van der Waals surface area contributed by atoms with E-state index in [4.69, 9.17) is 0 Å². The van der Waals surface area contributed by atoms with Crippen LogP contribution in [0.2, 0.25) is 0 Å². The minimum atomic E-state index is -0.483. The standard InChI is InChI=1S/C12H13BrOS2/c1-3-8-4-5-15-11(8)10(14)12-9(13)6-7(2)16-12/h4-6,10,14H,3H2,1-2H3. The van der Waals surface area contributed by atoms with Gasteiger partial charge in [-0.25, -0.2) is 0 Å². The molecule has 0 saturated carbocycles. The topological polar surface area (TPSA) is 20.2 Å². The molecule has 0 amide bonds. The first-order valence-electron chi connectivity index (χ1n) is 5.13. The van der Waals surface area contributed by atoms with E-state index in [1.54, 1.807) is 22.7 Å². The highest BCUT2D eigenvalue weighted by molar-refractivity contribution is 9.10. The summed E-state index contributed by atoms with van der Waals surface area (Å²) in [5, 5.41) is 12.4. The van der Waals surface area contributed by atoms with Crippen LogP contribution in [-0.4, -0.2) is 5.11 Å². The first kappa shape index (κ1) is 12.3. The molecule has 0 spiro atoms. The largest absolute Gasteiger partial charge is 0.382 e. The number of halogens is 1. The molecule has 4 heteroatoms. The quantitative estimate of drug-likeness (QED) is 0.882. The Balaban J connectivity index is 2.38. The van der Waals surface area contributed by atoms with Gasteiger partial charge in [0.1, 0.15) is 6.10 Å². The van der Waals surface area contributed by atoms with Gasteiger partial charge in [-0.15, -0.1) is 22.7 Å². The average molecular weight is 317 g/mol. The van der Waals surface area contributed by atoms with Crippen molar-refractivity contribution < 1.29 is 5.11 Å². The summed E-state index contributed by atoms with van der Waals surface area (Å²) in [4.78, 5) is 3.30. The zero-order valence-electron chi connectivity index (χ0n) is 9.16. The van der Waals surface area contributed by atoms with E-state index in [9.17, 15) is 5.11 Å². The Kier molecular flexibility index (Phi) is 3.85. The molecule has 1 nitrogen and oxygen atoms in total. The van der Waals surface area contributed by atoms with E-state index in [1.165, 1.54) is 10.4 Å². The van der Waals surface area contributed by atoms with Crippen LogP contribution in [-0.2, 0) is 6.42 Å². The van der Waals surface area contributed by atoms with Gasteiger partial charge in [0.25, 0.3) is 0 Å². The molecule has 1 atom stereocenters. The van der Waals surface area contributed by atoms with E-state index >= 15 is 0 Å². The molecule has 2 aromatic heterocycles. The Hall–Kier alpha value is -0.160. The highest BCUT2D eigenvalue weighted by atomic mass is 79.9. The van der Waals surface area contributed by atoms with Gasteiger partial charge in [0, 0.05) is 14.2 Å². The maximum absolute atomic E-state index is 10.4. The second-order valence-electron chi connectivity index (χ2n) is 3.64. The van der Waals surface area contributed by atoms with Gasteiger partial charge in [0.05, 0.1) is 4.88 Å².